The van der Waals surface area contributed by atoms with E-state index in [0.29, 0.717) is 25.9 Å². The molecule has 100 valence electrons. The maximum atomic E-state index is 11.7. The highest BCUT2D eigenvalue weighted by Crippen LogP contribution is 2.04. The number of rotatable bonds is 6. The second-order valence-electron chi connectivity index (χ2n) is 4.38. The van der Waals surface area contributed by atoms with E-state index in [4.69, 9.17) is 10.2 Å². The Hall–Kier alpha value is -2.07. The molecule has 0 bridgehead atoms. The highest BCUT2D eigenvalue weighted by molar-refractivity contribution is 5.78. The zero-order valence-electron chi connectivity index (χ0n) is 10.8. The number of nitrogens with two attached hydrogens (primary N) is 1. The molecule has 4 nitrogen and oxygen atoms in total. The Morgan fingerprint density at radius 2 is 1.89 bits per heavy atom. The molecular weight excluding hydrogens is 240 g/mol. The summed E-state index contributed by atoms with van der Waals surface area (Å²) in [5.41, 5.74) is 7.59. The van der Waals surface area contributed by atoms with Crippen molar-refractivity contribution in [1.82, 2.24) is 5.32 Å². The molecule has 4 heteroatoms. The second-order valence-corrected chi connectivity index (χ2v) is 4.38. The molecule has 0 fully saturated rings. The number of amides is 1. The van der Waals surface area contributed by atoms with Crippen LogP contribution in [0.2, 0.25) is 0 Å². The van der Waals surface area contributed by atoms with Gasteiger partial charge in [0.15, 0.2) is 0 Å². The summed E-state index contributed by atoms with van der Waals surface area (Å²) >= 11 is 0. The molecule has 0 radical (unpaired) electrons. The fraction of sp³-hybridized carbons (Fsp3) is 0.267. The van der Waals surface area contributed by atoms with E-state index in [1.165, 1.54) is 0 Å². The van der Waals surface area contributed by atoms with Gasteiger partial charge in [-0.1, -0.05) is 24.3 Å². The Labute approximate surface area is 112 Å². The molecule has 3 N–H and O–H groups in total. The van der Waals surface area contributed by atoms with Gasteiger partial charge in [-0.25, -0.2) is 0 Å². The molecule has 1 aromatic carbocycles. The molecule has 0 saturated carbocycles. The number of hydrogen-bond donors (Lipinski definition) is 2. The third-order valence-electron chi connectivity index (χ3n) is 2.90. The number of furan rings is 1. The highest BCUT2D eigenvalue weighted by Gasteiger charge is 2.03. The minimum Gasteiger partial charge on any atom is -0.469 e. The van der Waals surface area contributed by atoms with Crippen molar-refractivity contribution in [3.05, 3.63) is 59.5 Å². The SMILES string of the molecule is NCc1ccc(CC(=O)NCCc2ccco2)cc1. The van der Waals surface area contributed by atoms with Gasteiger partial charge in [-0.05, 0) is 23.3 Å². The van der Waals surface area contributed by atoms with Gasteiger partial charge < -0.3 is 15.5 Å². The summed E-state index contributed by atoms with van der Waals surface area (Å²) in [5.74, 6) is 0.902. The Kier molecular flexibility index (Phi) is 4.75. The summed E-state index contributed by atoms with van der Waals surface area (Å²) in [5, 5.41) is 2.87. The minimum absolute atomic E-state index is 0.0204. The molecule has 1 aromatic heterocycles. The first-order chi connectivity index (χ1) is 9.28. The topological polar surface area (TPSA) is 68.3 Å². The van der Waals surface area contributed by atoms with Gasteiger partial charge in [0.25, 0.3) is 0 Å². The molecule has 0 aliphatic carbocycles. The van der Waals surface area contributed by atoms with Gasteiger partial charge in [-0.3, -0.25) is 4.79 Å². The lowest BCUT2D eigenvalue weighted by atomic mass is 10.1. The third-order valence-corrected chi connectivity index (χ3v) is 2.90. The zero-order valence-corrected chi connectivity index (χ0v) is 10.8. The average molecular weight is 258 g/mol. The van der Waals surface area contributed by atoms with Crippen LogP contribution in [0.1, 0.15) is 16.9 Å². The Bertz CT molecular complexity index is 503. The molecule has 2 rings (SSSR count). The summed E-state index contributed by atoms with van der Waals surface area (Å²) in [6.45, 7) is 1.11. The average Bonchev–Trinajstić information content (AvgIpc) is 2.93. The minimum atomic E-state index is 0.0204. The van der Waals surface area contributed by atoms with Crippen LogP contribution in [0.3, 0.4) is 0 Å². The zero-order chi connectivity index (χ0) is 13.5. The van der Waals surface area contributed by atoms with Gasteiger partial charge in [0, 0.05) is 19.5 Å². The van der Waals surface area contributed by atoms with E-state index in [9.17, 15) is 4.79 Å². The fourth-order valence-electron chi connectivity index (χ4n) is 1.82. The smallest absolute Gasteiger partial charge is 0.224 e. The van der Waals surface area contributed by atoms with Crippen molar-refractivity contribution < 1.29 is 9.21 Å². The lowest BCUT2D eigenvalue weighted by molar-refractivity contribution is -0.120. The molecule has 0 saturated heterocycles. The lowest BCUT2D eigenvalue weighted by Gasteiger charge is -2.05. The van der Waals surface area contributed by atoms with Gasteiger partial charge >= 0.3 is 0 Å². The molecule has 2 aromatic rings. The second kappa shape index (κ2) is 6.75. The van der Waals surface area contributed by atoms with Gasteiger partial charge in [-0.2, -0.15) is 0 Å². The maximum Gasteiger partial charge on any atom is 0.224 e. The fourth-order valence-corrected chi connectivity index (χ4v) is 1.82. The van der Waals surface area contributed by atoms with Gasteiger partial charge in [0.05, 0.1) is 12.7 Å². The van der Waals surface area contributed by atoms with E-state index in [2.05, 4.69) is 5.32 Å². The van der Waals surface area contributed by atoms with Gasteiger partial charge in [0.2, 0.25) is 5.91 Å². The van der Waals surface area contributed by atoms with E-state index >= 15 is 0 Å². The molecule has 0 atom stereocenters. The van der Waals surface area contributed by atoms with Crippen molar-refractivity contribution in [2.24, 2.45) is 5.73 Å². The van der Waals surface area contributed by atoms with E-state index in [1.54, 1.807) is 6.26 Å². The molecule has 0 aliphatic rings. The maximum absolute atomic E-state index is 11.7. The predicted molar refractivity (Wildman–Crippen MR) is 73.5 cm³/mol. The largest absolute Gasteiger partial charge is 0.469 e. The first-order valence-electron chi connectivity index (χ1n) is 6.35. The Balaban J connectivity index is 1.74. The standard InChI is InChI=1S/C15H18N2O2/c16-11-13-5-3-12(4-6-13)10-15(18)17-8-7-14-2-1-9-19-14/h1-6,9H,7-8,10-11,16H2,(H,17,18). The molecule has 1 amide bonds. The van der Waals surface area contributed by atoms with Crippen LogP contribution in [0.4, 0.5) is 0 Å². The number of carbonyl (C=O) groups excluding carboxylic acids is 1. The Morgan fingerprint density at radius 1 is 1.16 bits per heavy atom. The molecule has 0 unspecified atom stereocenters. The lowest BCUT2D eigenvalue weighted by Crippen LogP contribution is -2.27. The van der Waals surface area contributed by atoms with Gasteiger partial charge in [0.1, 0.15) is 5.76 Å². The number of nitrogens with one attached hydrogen (secondary N) is 1. The molecular formula is C15H18N2O2. The van der Waals surface area contributed by atoms with Crippen LogP contribution in [-0.4, -0.2) is 12.5 Å². The van der Waals surface area contributed by atoms with Crippen molar-refractivity contribution in [1.29, 1.82) is 0 Å². The van der Waals surface area contributed by atoms with Crippen LogP contribution < -0.4 is 11.1 Å². The van der Waals surface area contributed by atoms with Crippen molar-refractivity contribution in [3.63, 3.8) is 0 Å². The van der Waals surface area contributed by atoms with E-state index in [-0.39, 0.29) is 5.91 Å². The van der Waals surface area contributed by atoms with Crippen molar-refractivity contribution in [2.45, 2.75) is 19.4 Å². The van der Waals surface area contributed by atoms with E-state index in [0.717, 1.165) is 16.9 Å². The van der Waals surface area contributed by atoms with Gasteiger partial charge in [-0.15, -0.1) is 0 Å². The summed E-state index contributed by atoms with van der Waals surface area (Å²) in [4.78, 5) is 11.7. The monoisotopic (exact) mass is 258 g/mol. The molecule has 19 heavy (non-hydrogen) atoms. The molecule has 1 heterocycles. The van der Waals surface area contributed by atoms with Crippen molar-refractivity contribution >= 4 is 5.91 Å². The molecule has 0 aliphatic heterocycles. The van der Waals surface area contributed by atoms with Crippen LogP contribution in [0.15, 0.2) is 47.1 Å². The third kappa shape index (κ3) is 4.26. The van der Waals surface area contributed by atoms with Crippen LogP contribution in [0.25, 0.3) is 0 Å². The summed E-state index contributed by atoms with van der Waals surface area (Å²) < 4.78 is 5.20. The van der Waals surface area contributed by atoms with E-state index < -0.39 is 0 Å². The number of carbonyl (C=O) groups is 1. The Morgan fingerprint density at radius 3 is 2.53 bits per heavy atom. The summed E-state index contributed by atoms with van der Waals surface area (Å²) in [6.07, 6.45) is 2.74. The van der Waals surface area contributed by atoms with Crippen LogP contribution >= 0.6 is 0 Å². The van der Waals surface area contributed by atoms with E-state index in [1.807, 2.05) is 36.4 Å². The first kappa shape index (κ1) is 13.4. The van der Waals surface area contributed by atoms with Crippen LogP contribution in [0.5, 0.6) is 0 Å². The summed E-state index contributed by atoms with van der Waals surface area (Å²) in [6, 6.07) is 11.5. The highest BCUT2D eigenvalue weighted by atomic mass is 16.3. The predicted octanol–water partition coefficient (Wildman–Crippen LogP) is 1.64. The quantitative estimate of drug-likeness (QED) is 0.827. The van der Waals surface area contributed by atoms with Crippen molar-refractivity contribution in [3.8, 4) is 0 Å². The first-order valence-corrected chi connectivity index (χ1v) is 6.35. The summed E-state index contributed by atoms with van der Waals surface area (Å²) in [7, 11) is 0. The van der Waals surface area contributed by atoms with Crippen LogP contribution in [0, 0.1) is 0 Å². The number of benzene rings is 1. The molecule has 0 spiro atoms. The number of hydrogen-bond acceptors (Lipinski definition) is 3. The van der Waals surface area contributed by atoms with Crippen molar-refractivity contribution in [2.75, 3.05) is 6.54 Å². The van der Waals surface area contributed by atoms with Crippen LogP contribution in [-0.2, 0) is 24.2 Å². The normalized spacial score (nSPS) is 10.4.